The molecule has 0 atom stereocenters. The Balaban J connectivity index is 1.09. The van der Waals surface area contributed by atoms with Crippen LogP contribution in [0.5, 0.6) is 0 Å². The van der Waals surface area contributed by atoms with E-state index in [1.807, 2.05) is 0 Å². The fourth-order valence-corrected chi connectivity index (χ4v) is 15.6. The molecule has 0 N–H and O–H groups in total. The van der Waals surface area contributed by atoms with Crippen LogP contribution in [0.1, 0.15) is 158 Å². The summed E-state index contributed by atoms with van der Waals surface area (Å²) in [5.74, 6) is 0.712. The average Bonchev–Trinajstić information content (AvgIpc) is 0.678. The lowest BCUT2D eigenvalue weighted by Gasteiger charge is -2.45. The summed E-state index contributed by atoms with van der Waals surface area (Å²) in [5, 5.41) is 15.2. The Kier molecular flexibility index (Phi) is 13.1. The zero-order valence-corrected chi connectivity index (χ0v) is 58.9. The first kappa shape index (κ1) is 60.6. The van der Waals surface area contributed by atoms with E-state index in [-0.39, 0.29) is 39.2 Å². The number of aromatic nitrogens is 2. The number of nitrogens with zero attached hydrogens (tertiary/aromatic N) is 4. The molecule has 0 radical (unpaired) electrons. The van der Waals surface area contributed by atoms with Crippen LogP contribution in [0.15, 0.2) is 200 Å². The smallest absolute Gasteiger partial charge is 0.252 e. The summed E-state index contributed by atoms with van der Waals surface area (Å²) < 4.78 is 0. The third kappa shape index (κ3) is 9.83. The largest absolute Gasteiger partial charge is 0.311 e. The van der Waals surface area contributed by atoms with Gasteiger partial charge in [0.2, 0.25) is 0 Å². The molecule has 4 nitrogen and oxygen atoms in total. The van der Waals surface area contributed by atoms with Crippen molar-refractivity contribution in [1.29, 1.82) is 0 Å². The molecule has 0 fully saturated rings. The molecule has 0 amide bonds. The van der Waals surface area contributed by atoms with Gasteiger partial charge in [0.15, 0.2) is 5.82 Å². The number of hydrogen-bond donors (Lipinski definition) is 0. The maximum absolute atomic E-state index is 5.97. The lowest BCUT2D eigenvalue weighted by molar-refractivity contribution is 0.568. The lowest BCUT2D eigenvalue weighted by atomic mass is 9.33. The van der Waals surface area contributed by atoms with Crippen molar-refractivity contribution in [3.8, 4) is 33.9 Å². The Morgan fingerprint density at radius 3 is 0.968 bits per heavy atom. The Bertz CT molecular complexity index is 5040. The topological polar surface area (TPSA) is 32.3 Å². The molecule has 0 unspecified atom stereocenters. The molecular formula is C90H87BN4. The van der Waals surface area contributed by atoms with Crippen LogP contribution < -0.4 is 26.2 Å². The second-order valence-corrected chi connectivity index (χ2v) is 34.0. The third-order valence-corrected chi connectivity index (χ3v) is 21.2. The van der Waals surface area contributed by atoms with E-state index in [2.05, 4.69) is 335 Å². The van der Waals surface area contributed by atoms with Crippen LogP contribution in [0.2, 0.25) is 0 Å². The molecule has 14 aromatic rings. The highest BCUT2D eigenvalue weighted by atomic mass is 15.2. The Hall–Kier alpha value is -9.32. The number of benzene rings is 13. The summed E-state index contributed by atoms with van der Waals surface area (Å²) in [6.07, 6.45) is 0. The third-order valence-electron chi connectivity index (χ3n) is 21.2. The van der Waals surface area contributed by atoms with Crippen molar-refractivity contribution in [1.82, 2.24) is 9.97 Å². The molecule has 0 aliphatic carbocycles. The SMILES string of the molecule is CC(C)(C)c1ccc(N2c3cc(-c4cc(-c5cc(C(C)(C)C)cc(C(C)(C)C)c5)nc(-c5cc(C(C)(C)C)cc(C(C)(C)C)c5)n4)cc4c3B(c3cc5ccc6cccc7ccc(c32)c5c67)c2cc3ccc5cccc6ccc(c2N4c2ccc(C(C)(C)C)cc2)c3c56)cc1. The van der Waals surface area contributed by atoms with Crippen molar-refractivity contribution in [3.05, 3.63) is 234 Å². The van der Waals surface area contributed by atoms with E-state index in [9.17, 15) is 0 Å². The lowest BCUT2D eigenvalue weighted by Crippen LogP contribution is -2.61. The van der Waals surface area contributed by atoms with E-state index in [4.69, 9.17) is 9.97 Å². The van der Waals surface area contributed by atoms with E-state index >= 15 is 0 Å². The molecule has 95 heavy (non-hydrogen) atoms. The molecule has 0 spiro atoms. The summed E-state index contributed by atoms with van der Waals surface area (Å²) in [6.45, 7) is 41.6. The van der Waals surface area contributed by atoms with Gasteiger partial charge in [-0.1, -0.05) is 258 Å². The maximum Gasteiger partial charge on any atom is 0.252 e. The molecule has 16 rings (SSSR count). The minimum atomic E-state index is -0.179. The van der Waals surface area contributed by atoms with Crippen LogP contribution in [0.3, 0.4) is 0 Å². The summed E-state index contributed by atoms with van der Waals surface area (Å²) in [5.41, 5.74) is 22.7. The molecule has 2 aliphatic heterocycles. The standard InChI is InChI=1S/C90H87BN4/c1-85(2,3)61-31-35-67(36-32-61)94-75-47-59(74-51-73(58-41-63(87(7,8)9)49-64(42-58)88(10,11)12)92-84(93-74)60-43-65(89(13,14)15)50-66(44-60)90(16,17)18)48-76-81(75)91(71-45-56-27-25-52-21-19-23-54-29-39-69(82(71)94)79(56)77(52)54)72-46-57-28-26-53-22-20-24-55-30-40-70(80(57)78(53)55)83(72)95(76)68-37-33-62(34-38-68)86(4,5)6/h19-51H,1-18H3. The zero-order chi connectivity index (χ0) is 66.5. The van der Waals surface area contributed by atoms with Crippen molar-refractivity contribution in [3.63, 3.8) is 0 Å². The first-order valence-electron chi connectivity index (χ1n) is 34.5. The molecule has 13 aromatic carbocycles. The summed E-state index contributed by atoms with van der Waals surface area (Å²) in [6, 6.07) is 78.4. The predicted octanol–water partition coefficient (Wildman–Crippen LogP) is 23.1. The van der Waals surface area contributed by atoms with E-state index in [1.165, 1.54) is 126 Å². The second-order valence-electron chi connectivity index (χ2n) is 34.0. The van der Waals surface area contributed by atoms with Crippen molar-refractivity contribution >= 4 is 122 Å². The minimum absolute atomic E-state index is 0.0539. The maximum atomic E-state index is 5.97. The number of rotatable bonds is 5. The van der Waals surface area contributed by atoms with Gasteiger partial charge in [0, 0.05) is 61.6 Å². The molecule has 0 saturated heterocycles. The van der Waals surface area contributed by atoms with E-state index in [0.717, 1.165) is 50.8 Å². The normalized spacial score (nSPS) is 13.9. The van der Waals surface area contributed by atoms with Gasteiger partial charge >= 0.3 is 0 Å². The van der Waals surface area contributed by atoms with Gasteiger partial charge in [0.1, 0.15) is 0 Å². The average molecular weight is 1240 g/mol. The van der Waals surface area contributed by atoms with Crippen molar-refractivity contribution in [2.24, 2.45) is 0 Å². The van der Waals surface area contributed by atoms with Crippen molar-refractivity contribution in [2.75, 3.05) is 9.80 Å². The quantitative estimate of drug-likeness (QED) is 0.127. The van der Waals surface area contributed by atoms with E-state index in [0.29, 0.717) is 5.82 Å². The van der Waals surface area contributed by atoms with Gasteiger partial charge < -0.3 is 9.80 Å². The highest BCUT2D eigenvalue weighted by molar-refractivity contribution is 7.01. The number of hydrogen-bond acceptors (Lipinski definition) is 4. The molecule has 2 aliphatic rings. The summed E-state index contributed by atoms with van der Waals surface area (Å²) in [4.78, 5) is 17.1. The van der Waals surface area contributed by atoms with E-state index in [1.54, 1.807) is 0 Å². The second kappa shape index (κ2) is 20.6. The van der Waals surface area contributed by atoms with Crippen LogP contribution in [-0.2, 0) is 32.5 Å². The van der Waals surface area contributed by atoms with Crippen LogP contribution in [-0.4, -0.2) is 16.7 Å². The fourth-order valence-electron chi connectivity index (χ4n) is 15.6. The molecule has 5 heteroatoms. The van der Waals surface area contributed by atoms with Gasteiger partial charge in [-0.15, -0.1) is 0 Å². The molecule has 0 saturated carbocycles. The van der Waals surface area contributed by atoms with Gasteiger partial charge in [0.25, 0.3) is 6.71 Å². The van der Waals surface area contributed by atoms with Crippen LogP contribution >= 0.6 is 0 Å². The predicted molar refractivity (Wildman–Crippen MR) is 412 cm³/mol. The molecule has 0 bridgehead atoms. The highest BCUT2D eigenvalue weighted by Crippen LogP contribution is 2.53. The monoisotopic (exact) mass is 1230 g/mol. The Morgan fingerprint density at radius 1 is 0.284 bits per heavy atom. The van der Waals surface area contributed by atoms with Gasteiger partial charge in [-0.2, -0.15) is 0 Å². The highest BCUT2D eigenvalue weighted by Gasteiger charge is 2.46. The molecule has 470 valence electrons. The van der Waals surface area contributed by atoms with Crippen LogP contribution in [0.25, 0.3) is 98.5 Å². The van der Waals surface area contributed by atoms with Gasteiger partial charge in [-0.3, -0.25) is 0 Å². The van der Waals surface area contributed by atoms with Crippen molar-refractivity contribution in [2.45, 2.75) is 157 Å². The van der Waals surface area contributed by atoms with Crippen LogP contribution in [0.4, 0.5) is 34.1 Å². The Morgan fingerprint density at radius 2 is 0.611 bits per heavy atom. The molecule has 1 aromatic heterocycles. The molecular weight excluding hydrogens is 1150 g/mol. The van der Waals surface area contributed by atoms with Gasteiger partial charge in [-0.25, -0.2) is 9.97 Å². The van der Waals surface area contributed by atoms with Gasteiger partial charge in [-0.05, 0) is 203 Å². The Labute approximate surface area is 562 Å². The van der Waals surface area contributed by atoms with Gasteiger partial charge in [0.05, 0.1) is 11.4 Å². The first-order valence-corrected chi connectivity index (χ1v) is 34.5. The summed E-state index contributed by atoms with van der Waals surface area (Å²) in [7, 11) is 0. The van der Waals surface area contributed by atoms with Crippen molar-refractivity contribution < 1.29 is 0 Å². The first-order chi connectivity index (χ1) is 44.8. The summed E-state index contributed by atoms with van der Waals surface area (Å²) >= 11 is 0. The fraction of sp³-hybridized carbons (Fsp3) is 0.267. The van der Waals surface area contributed by atoms with Crippen LogP contribution in [0, 0.1) is 0 Å². The minimum Gasteiger partial charge on any atom is -0.311 e. The molecule has 3 heterocycles. The van der Waals surface area contributed by atoms with E-state index < -0.39 is 0 Å². The number of fused-ring (bicyclic) bond motifs is 6. The zero-order valence-electron chi connectivity index (χ0n) is 58.9. The number of anilines is 6.